The van der Waals surface area contributed by atoms with Crippen LogP contribution in [-0.4, -0.2) is 25.7 Å². The monoisotopic (exact) mass is 341 g/mol. The minimum absolute atomic E-state index is 0.129. The Kier molecular flexibility index (Phi) is 8.54. The molecule has 0 aliphatic rings. The molecule has 1 atom stereocenters. The molecule has 0 aliphatic heterocycles. The summed E-state index contributed by atoms with van der Waals surface area (Å²) in [6, 6.07) is 8.49. The van der Waals surface area contributed by atoms with Crippen molar-refractivity contribution in [3.05, 3.63) is 34.3 Å². The average molecular weight is 342 g/mol. The number of benzene rings is 1. The van der Waals surface area contributed by atoms with Gasteiger partial charge < -0.3 is 10.1 Å². The fourth-order valence-electron chi connectivity index (χ4n) is 2.03. The number of amides is 1. The van der Waals surface area contributed by atoms with Crippen LogP contribution in [0.3, 0.4) is 0 Å². The Morgan fingerprint density at radius 2 is 2.00 bits per heavy atom. The van der Waals surface area contributed by atoms with Crippen molar-refractivity contribution in [1.82, 2.24) is 5.32 Å². The number of aryl methyl sites for hydroxylation is 1. The Morgan fingerprint density at radius 1 is 1.30 bits per heavy atom. The zero-order valence-electron chi connectivity index (χ0n) is 12.3. The van der Waals surface area contributed by atoms with E-state index in [1.54, 1.807) is 7.11 Å². The van der Waals surface area contributed by atoms with Crippen LogP contribution in [0.15, 0.2) is 28.7 Å². The van der Waals surface area contributed by atoms with E-state index in [2.05, 4.69) is 52.4 Å². The topological polar surface area (TPSA) is 38.3 Å². The van der Waals surface area contributed by atoms with E-state index in [0.29, 0.717) is 13.0 Å². The molecule has 20 heavy (non-hydrogen) atoms. The third-order valence-electron chi connectivity index (χ3n) is 3.26. The van der Waals surface area contributed by atoms with Crippen LogP contribution in [-0.2, 0) is 16.0 Å². The lowest BCUT2D eigenvalue weighted by Crippen LogP contribution is -2.37. The number of unbranched alkanes of at least 4 members (excludes halogenated alkanes) is 1. The highest BCUT2D eigenvalue weighted by atomic mass is 79.9. The van der Waals surface area contributed by atoms with E-state index in [9.17, 15) is 4.79 Å². The minimum atomic E-state index is 0.129. The van der Waals surface area contributed by atoms with Crippen LogP contribution in [0.1, 0.15) is 38.2 Å². The lowest BCUT2D eigenvalue weighted by molar-refractivity contribution is -0.122. The first-order chi connectivity index (χ1) is 9.65. The molecule has 0 spiro atoms. The van der Waals surface area contributed by atoms with E-state index in [4.69, 9.17) is 4.74 Å². The molecule has 3 nitrogen and oxygen atoms in total. The zero-order valence-corrected chi connectivity index (χ0v) is 13.9. The quantitative estimate of drug-likeness (QED) is 0.695. The number of carbonyl (C=O) groups is 1. The second-order valence-electron chi connectivity index (χ2n) is 4.96. The third-order valence-corrected chi connectivity index (χ3v) is 3.79. The van der Waals surface area contributed by atoms with Crippen molar-refractivity contribution < 1.29 is 9.53 Å². The molecule has 0 aliphatic carbocycles. The molecule has 1 amide bonds. The van der Waals surface area contributed by atoms with E-state index in [0.717, 1.165) is 30.2 Å². The summed E-state index contributed by atoms with van der Waals surface area (Å²) < 4.78 is 6.17. The summed E-state index contributed by atoms with van der Waals surface area (Å²) in [4.78, 5) is 11.8. The van der Waals surface area contributed by atoms with Crippen molar-refractivity contribution in [3.63, 3.8) is 0 Å². The molecule has 0 saturated carbocycles. The molecule has 0 radical (unpaired) electrons. The maximum absolute atomic E-state index is 11.8. The van der Waals surface area contributed by atoms with Crippen LogP contribution in [0.5, 0.6) is 0 Å². The fourth-order valence-corrected chi connectivity index (χ4v) is 2.29. The highest BCUT2D eigenvalue weighted by molar-refractivity contribution is 9.10. The molecule has 1 N–H and O–H groups in total. The lowest BCUT2D eigenvalue weighted by Gasteiger charge is -2.15. The van der Waals surface area contributed by atoms with Crippen molar-refractivity contribution in [1.29, 1.82) is 0 Å². The first-order valence-corrected chi connectivity index (χ1v) is 7.97. The van der Waals surface area contributed by atoms with Gasteiger partial charge in [0.25, 0.3) is 0 Å². The molecular weight excluding hydrogens is 318 g/mol. The molecule has 1 aromatic carbocycles. The number of hydrogen-bond acceptors (Lipinski definition) is 2. The number of carbonyl (C=O) groups excluding carboxylic acids is 1. The third kappa shape index (κ3) is 7.06. The summed E-state index contributed by atoms with van der Waals surface area (Å²) in [5, 5.41) is 3.00. The van der Waals surface area contributed by atoms with E-state index in [1.165, 1.54) is 5.56 Å². The average Bonchev–Trinajstić information content (AvgIpc) is 2.45. The van der Waals surface area contributed by atoms with Gasteiger partial charge in [0, 0.05) is 18.0 Å². The van der Waals surface area contributed by atoms with Gasteiger partial charge in [-0.3, -0.25) is 4.79 Å². The van der Waals surface area contributed by atoms with Crippen molar-refractivity contribution >= 4 is 21.8 Å². The van der Waals surface area contributed by atoms with Crippen molar-refractivity contribution in [2.45, 2.75) is 45.1 Å². The molecule has 1 rings (SSSR count). The van der Waals surface area contributed by atoms with Crippen LogP contribution < -0.4 is 5.32 Å². The summed E-state index contributed by atoms with van der Waals surface area (Å²) in [6.07, 6.45) is 4.48. The van der Waals surface area contributed by atoms with Gasteiger partial charge in [-0.05, 0) is 43.4 Å². The second-order valence-corrected chi connectivity index (χ2v) is 5.88. The van der Waals surface area contributed by atoms with Gasteiger partial charge in [-0.2, -0.15) is 0 Å². The SMILES string of the molecule is CCC(COC)NC(=O)CCCCc1ccc(Br)cc1. The zero-order chi connectivity index (χ0) is 14.8. The summed E-state index contributed by atoms with van der Waals surface area (Å²) >= 11 is 3.43. The number of rotatable bonds is 9. The molecule has 1 aromatic rings. The first-order valence-electron chi connectivity index (χ1n) is 7.18. The van der Waals surface area contributed by atoms with Crippen LogP contribution >= 0.6 is 15.9 Å². The second kappa shape index (κ2) is 9.94. The van der Waals surface area contributed by atoms with Crippen LogP contribution in [0, 0.1) is 0 Å². The molecule has 112 valence electrons. The summed E-state index contributed by atoms with van der Waals surface area (Å²) in [6.45, 7) is 2.64. The smallest absolute Gasteiger partial charge is 0.220 e. The van der Waals surface area contributed by atoms with E-state index in [1.807, 2.05) is 0 Å². The van der Waals surface area contributed by atoms with Crippen molar-refractivity contribution in [2.24, 2.45) is 0 Å². The highest BCUT2D eigenvalue weighted by Gasteiger charge is 2.09. The van der Waals surface area contributed by atoms with Gasteiger partial charge in [-0.1, -0.05) is 35.0 Å². The Balaban J connectivity index is 2.17. The Hall–Kier alpha value is -0.870. The highest BCUT2D eigenvalue weighted by Crippen LogP contribution is 2.12. The molecule has 4 heteroatoms. The summed E-state index contributed by atoms with van der Waals surface area (Å²) in [7, 11) is 1.66. The molecule has 0 saturated heterocycles. The molecule has 0 bridgehead atoms. The van der Waals surface area contributed by atoms with Gasteiger partial charge in [-0.15, -0.1) is 0 Å². The van der Waals surface area contributed by atoms with Crippen LogP contribution in [0.25, 0.3) is 0 Å². The Morgan fingerprint density at radius 3 is 2.60 bits per heavy atom. The number of nitrogens with one attached hydrogen (secondary N) is 1. The first kappa shape index (κ1) is 17.2. The van der Waals surface area contributed by atoms with Crippen molar-refractivity contribution in [2.75, 3.05) is 13.7 Å². The van der Waals surface area contributed by atoms with E-state index < -0.39 is 0 Å². The minimum Gasteiger partial charge on any atom is -0.383 e. The number of ether oxygens (including phenoxy) is 1. The molecule has 0 aromatic heterocycles. The lowest BCUT2D eigenvalue weighted by atomic mass is 10.1. The largest absolute Gasteiger partial charge is 0.383 e. The van der Waals surface area contributed by atoms with Gasteiger partial charge in [0.2, 0.25) is 5.91 Å². The van der Waals surface area contributed by atoms with Gasteiger partial charge >= 0.3 is 0 Å². The summed E-state index contributed by atoms with van der Waals surface area (Å²) in [5.74, 6) is 0.129. The molecule has 1 unspecified atom stereocenters. The molecule has 0 fully saturated rings. The number of halogens is 1. The van der Waals surface area contributed by atoms with Gasteiger partial charge in [0.15, 0.2) is 0 Å². The molecular formula is C16H24BrNO2. The van der Waals surface area contributed by atoms with Gasteiger partial charge in [-0.25, -0.2) is 0 Å². The van der Waals surface area contributed by atoms with E-state index in [-0.39, 0.29) is 11.9 Å². The maximum atomic E-state index is 11.8. The standard InChI is InChI=1S/C16H24BrNO2/c1-3-15(12-20-2)18-16(19)7-5-4-6-13-8-10-14(17)11-9-13/h8-11,15H,3-7,12H2,1-2H3,(H,18,19). The van der Waals surface area contributed by atoms with E-state index >= 15 is 0 Å². The van der Waals surface area contributed by atoms with Gasteiger partial charge in [0.1, 0.15) is 0 Å². The number of methoxy groups -OCH3 is 1. The molecule has 0 heterocycles. The predicted octanol–water partition coefficient (Wildman–Crippen LogP) is 3.70. The number of hydrogen-bond donors (Lipinski definition) is 1. The summed E-state index contributed by atoms with van der Waals surface area (Å²) in [5.41, 5.74) is 1.32. The predicted molar refractivity (Wildman–Crippen MR) is 85.8 cm³/mol. The fraction of sp³-hybridized carbons (Fsp3) is 0.562. The Bertz CT molecular complexity index is 392. The van der Waals surface area contributed by atoms with Crippen LogP contribution in [0.4, 0.5) is 0 Å². The van der Waals surface area contributed by atoms with Crippen LogP contribution in [0.2, 0.25) is 0 Å². The maximum Gasteiger partial charge on any atom is 0.220 e. The Labute approximate surface area is 130 Å². The van der Waals surface area contributed by atoms with Gasteiger partial charge in [0.05, 0.1) is 12.6 Å². The normalized spacial score (nSPS) is 12.2. The van der Waals surface area contributed by atoms with Crippen molar-refractivity contribution in [3.8, 4) is 0 Å².